The minimum Gasteiger partial charge on any atom is -0.327 e. The van der Waals surface area contributed by atoms with E-state index in [1.165, 1.54) is 15.7 Å². The topological polar surface area (TPSA) is 38.0 Å². The summed E-state index contributed by atoms with van der Waals surface area (Å²) >= 11 is 3.82. The first kappa shape index (κ1) is 15.4. The van der Waals surface area contributed by atoms with Crippen molar-refractivity contribution in [1.82, 2.24) is 5.32 Å². The van der Waals surface area contributed by atoms with Crippen LogP contribution in [-0.2, 0) is 0 Å². The summed E-state index contributed by atoms with van der Waals surface area (Å²) in [6.45, 7) is 9.30. The van der Waals surface area contributed by atoms with Gasteiger partial charge >= 0.3 is 0 Å². The van der Waals surface area contributed by atoms with Crippen LogP contribution < -0.4 is 11.1 Å². The van der Waals surface area contributed by atoms with Crippen LogP contribution in [0.2, 0.25) is 0 Å². The molecule has 1 aliphatic heterocycles. The molecule has 3 N–H and O–H groups in total. The molecule has 90 valence electrons. The first-order valence-electron chi connectivity index (χ1n) is 5.48. The maximum Gasteiger partial charge on any atom is 0.0374 e. The molecule has 0 atom stereocenters. The molecule has 0 radical (unpaired) electrons. The summed E-state index contributed by atoms with van der Waals surface area (Å²) < 4.78 is 1.41. The number of hydrogen-bond acceptors (Lipinski definition) is 4. The van der Waals surface area contributed by atoms with Gasteiger partial charge in [-0.3, -0.25) is 0 Å². The molecular weight excluding hydrogens is 224 g/mol. The average molecular weight is 248 g/mol. The van der Waals surface area contributed by atoms with E-state index in [0.717, 1.165) is 0 Å². The molecule has 1 rings (SSSR count). The molecule has 1 heterocycles. The second-order valence-electron chi connectivity index (χ2n) is 3.93. The summed E-state index contributed by atoms with van der Waals surface area (Å²) in [5.41, 5.74) is 5.31. The fraction of sp³-hybridized carbons (Fsp3) is 0.818. The summed E-state index contributed by atoms with van der Waals surface area (Å²) in [5, 5.41) is 3.31. The standard InChI is InChI=1S/C6H15N.C5H9NS2/c1-5(2)7-6(3)4;6-2-1-5-7-3-4-8-5/h5-7H,1-4H3;1H,2-4,6H2. The molecule has 0 aromatic heterocycles. The lowest BCUT2D eigenvalue weighted by molar-refractivity contribution is 0.518. The van der Waals surface area contributed by atoms with Gasteiger partial charge in [-0.2, -0.15) is 0 Å². The van der Waals surface area contributed by atoms with Gasteiger partial charge in [-0.25, -0.2) is 0 Å². The first-order chi connectivity index (χ1) is 7.06. The maximum absolute atomic E-state index is 5.31. The second-order valence-corrected chi connectivity index (χ2v) is 6.46. The predicted molar refractivity (Wildman–Crippen MR) is 75.5 cm³/mol. The Morgan fingerprint density at radius 3 is 1.93 bits per heavy atom. The van der Waals surface area contributed by atoms with Gasteiger partial charge < -0.3 is 11.1 Å². The van der Waals surface area contributed by atoms with Crippen LogP contribution in [0.1, 0.15) is 27.7 Å². The minimum atomic E-state index is 0.625. The lowest BCUT2D eigenvalue weighted by Crippen LogP contribution is -2.29. The van der Waals surface area contributed by atoms with Crippen molar-refractivity contribution in [2.24, 2.45) is 5.73 Å². The summed E-state index contributed by atoms with van der Waals surface area (Å²) in [5.74, 6) is 2.52. The van der Waals surface area contributed by atoms with Crippen LogP contribution in [0.15, 0.2) is 10.3 Å². The van der Waals surface area contributed by atoms with E-state index in [-0.39, 0.29) is 0 Å². The van der Waals surface area contributed by atoms with E-state index in [1.807, 2.05) is 23.5 Å². The molecule has 0 aromatic rings. The Morgan fingerprint density at radius 1 is 1.20 bits per heavy atom. The normalized spacial score (nSPS) is 15.5. The molecule has 0 bridgehead atoms. The quantitative estimate of drug-likeness (QED) is 0.805. The summed E-state index contributed by atoms with van der Waals surface area (Å²) in [4.78, 5) is 0. The van der Waals surface area contributed by atoms with Crippen molar-refractivity contribution in [3.63, 3.8) is 0 Å². The number of hydrogen-bond donors (Lipinski definition) is 2. The Morgan fingerprint density at radius 2 is 1.67 bits per heavy atom. The van der Waals surface area contributed by atoms with Crippen molar-refractivity contribution in [2.45, 2.75) is 39.8 Å². The van der Waals surface area contributed by atoms with Gasteiger partial charge in [0.15, 0.2) is 0 Å². The zero-order valence-corrected chi connectivity index (χ0v) is 11.9. The SMILES string of the molecule is CC(C)NC(C)C.NCC=C1SCCS1. The lowest BCUT2D eigenvalue weighted by atomic mass is 10.3. The van der Waals surface area contributed by atoms with E-state index < -0.39 is 0 Å². The van der Waals surface area contributed by atoms with Crippen molar-refractivity contribution in [3.05, 3.63) is 10.3 Å². The van der Waals surface area contributed by atoms with Crippen LogP contribution in [0.3, 0.4) is 0 Å². The van der Waals surface area contributed by atoms with Crippen LogP contribution in [0.5, 0.6) is 0 Å². The zero-order valence-electron chi connectivity index (χ0n) is 10.2. The average Bonchev–Trinajstić information content (AvgIpc) is 2.55. The van der Waals surface area contributed by atoms with Crippen molar-refractivity contribution < 1.29 is 0 Å². The van der Waals surface area contributed by atoms with Gasteiger partial charge in [0.05, 0.1) is 0 Å². The van der Waals surface area contributed by atoms with Crippen molar-refractivity contribution >= 4 is 23.5 Å². The van der Waals surface area contributed by atoms with Crippen LogP contribution in [-0.4, -0.2) is 30.1 Å². The van der Waals surface area contributed by atoms with Crippen LogP contribution in [0.25, 0.3) is 0 Å². The minimum absolute atomic E-state index is 0.625. The van der Waals surface area contributed by atoms with Crippen LogP contribution in [0.4, 0.5) is 0 Å². The van der Waals surface area contributed by atoms with Crippen molar-refractivity contribution in [3.8, 4) is 0 Å². The number of nitrogens with one attached hydrogen (secondary N) is 1. The van der Waals surface area contributed by atoms with E-state index >= 15 is 0 Å². The molecule has 1 saturated heterocycles. The molecule has 4 heteroatoms. The van der Waals surface area contributed by atoms with Gasteiger partial charge in [0, 0.05) is 34.4 Å². The molecule has 0 amide bonds. The monoisotopic (exact) mass is 248 g/mol. The smallest absolute Gasteiger partial charge is 0.0374 e. The van der Waals surface area contributed by atoms with E-state index in [0.29, 0.717) is 18.6 Å². The zero-order chi connectivity index (χ0) is 11.7. The number of nitrogens with two attached hydrogens (primary N) is 1. The molecule has 1 fully saturated rings. The highest BCUT2D eigenvalue weighted by Crippen LogP contribution is 2.35. The fourth-order valence-corrected chi connectivity index (χ4v) is 3.54. The molecular formula is C11H24N2S2. The summed E-state index contributed by atoms with van der Waals surface area (Å²) in [7, 11) is 0. The lowest BCUT2D eigenvalue weighted by Gasteiger charge is -2.10. The molecule has 0 spiro atoms. The Kier molecular flexibility index (Phi) is 9.81. The Bertz CT molecular complexity index is 165. The van der Waals surface area contributed by atoms with E-state index in [1.54, 1.807) is 0 Å². The Balaban J connectivity index is 0.000000265. The summed E-state index contributed by atoms with van der Waals surface area (Å²) in [6, 6.07) is 1.25. The van der Waals surface area contributed by atoms with Crippen LogP contribution in [0, 0.1) is 0 Å². The Hall–Kier alpha value is 0.360. The van der Waals surface area contributed by atoms with Gasteiger partial charge in [0.2, 0.25) is 0 Å². The predicted octanol–water partition coefficient (Wildman–Crippen LogP) is 2.66. The van der Waals surface area contributed by atoms with Crippen molar-refractivity contribution in [1.29, 1.82) is 0 Å². The van der Waals surface area contributed by atoms with Gasteiger partial charge in [0.25, 0.3) is 0 Å². The Labute approximate surface area is 103 Å². The van der Waals surface area contributed by atoms with E-state index in [9.17, 15) is 0 Å². The molecule has 2 nitrogen and oxygen atoms in total. The molecule has 0 aliphatic carbocycles. The van der Waals surface area contributed by atoms with Gasteiger partial charge in [-0.1, -0.05) is 33.8 Å². The fourth-order valence-electron chi connectivity index (χ4n) is 1.21. The third-order valence-electron chi connectivity index (χ3n) is 1.52. The molecule has 1 aliphatic rings. The van der Waals surface area contributed by atoms with Crippen molar-refractivity contribution in [2.75, 3.05) is 18.1 Å². The first-order valence-corrected chi connectivity index (χ1v) is 7.45. The highest BCUT2D eigenvalue weighted by Gasteiger charge is 2.05. The highest BCUT2D eigenvalue weighted by molar-refractivity contribution is 8.25. The third-order valence-corrected chi connectivity index (χ3v) is 4.21. The van der Waals surface area contributed by atoms with E-state index in [4.69, 9.17) is 5.73 Å². The number of thioether (sulfide) groups is 2. The van der Waals surface area contributed by atoms with Gasteiger partial charge in [0.1, 0.15) is 0 Å². The molecule has 0 saturated carbocycles. The van der Waals surface area contributed by atoms with E-state index in [2.05, 4.69) is 39.1 Å². The second kappa shape index (κ2) is 9.58. The number of rotatable bonds is 3. The molecule has 0 aromatic carbocycles. The maximum atomic E-state index is 5.31. The van der Waals surface area contributed by atoms with Gasteiger partial charge in [-0.05, 0) is 0 Å². The summed E-state index contributed by atoms with van der Waals surface area (Å²) in [6.07, 6.45) is 2.09. The van der Waals surface area contributed by atoms with Crippen LogP contribution >= 0.6 is 23.5 Å². The third kappa shape index (κ3) is 10.6. The molecule has 15 heavy (non-hydrogen) atoms. The molecule has 0 unspecified atom stereocenters. The largest absolute Gasteiger partial charge is 0.327 e. The highest BCUT2D eigenvalue weighted by atomic mass is 32.2. The van der Waals surface area contributed by atoms with Gasteiger partial charge in [-0.15, -0.1) is 23.5 Å².